The fourth-order valence-electron chi connectivity index (χ4n) is 3.19. The predicted octanol–water partition coefficient (Wildman–Crippen LogP) is 5.30. The van der Waals surface area contributed by atoms with Gasteiger partial charge in [-0.2, -0.15) is 0 Å². The zero-order valence-electron chi connectivity index (χ0n) is 14.1. The van der Waals surface area contributed by atoms with E-state index >= 15 is 0 Å². The lowest BCUT2D eigenvalue weighted by molar-refractivity contribution is 0.309. The van der Waals surface area contributed by atoms with Crippen molar-refractivity contribution in [3.05, 3.63) is 54.6 Å². The Labute approximate surface area is 149 Å². The van der Waals surface area contributed by atoms with Gasteiger partial charge >= 0.3 is 0 Å². The Kier molecular flexibility index (Phi) is 5.70. The van der Waals surface area contributed by atoms with Crippen LogP contribution in [-0.4, -0.2) is 11.2 Å². The molecule has 126 valence electrons. The Bertz CT molecular complexity index is 654. The number of nitrogens with one attached hydrogen (secondary N) is 3. The molecule has 0 unspecified atom stereocenters. The normalized spacial score (nSPS) is 20.2. The molecule has 1 aliphatic rings. The van der Waals surface area contributed by atoms with Crippen LogP contribution in [0.15, 0.2) is 54.6 Å². The summed E-state index contributed by atoms with van der Waals surface area (Å²) in [6.45, 7) is 2.31. The van der Waals surface area contributed by atoms with Crippen LogP contribution in [0.5, 0.6) is 0 Å². The number of para-hydroxylation sites is 1. The third-order valence-electron chi connectivity index (χ3n) is 4.63. The highest BCUT2D eigenvalue weighted by molar-refractivity contribution is 7.80. The molecule has 1 fully saturated rings. The highest BCUT2D eigenvalue weighted by atomic mass is 32.1. The first-order chi connectivity index (χ1) is 11.7. The Balaban J connectivity index is 1.53. The third kappa shape index (κ3) is 4.71. The van der Waals surface area contributed by atoms with Crippen molar-refractivity contribution in [2.75, 3.05) is 10.6 Å². The number of hydrogen-bond donors (Lipinski definition) is 3. The maximum absolute atomic E-state index is 5.47. The molecule has 0 heterocycles. The van der Waals surface area contributed by atoms with Crippen LogP contribution in [0.1, 0.15) is 32.6 Å². The van der Waals surface area contributed by atoms with E-state index in [-0.39, 0.29) is 0 Å². The fraction of sp³-hybridized carbons (Fsp3) is 0.350. The van der Waals surface area contributed by atoms with Gasteiger partial charge in [-0.15, -0.1) is 0 Å². The van der Waals surface area contributed by atoms with Gasteiger partial charge in [0.05, 0.1) is 0 Å². The number of benzene rings is 2. The van der Waals surface area contributed by atoms with E-state index in [2.05, 4.69) is 47.1 Å². The first-order valence-electron chi connectivity index (χ1n) is 8.70. The van der Waals surface area contributed by atoms with Gasteiger partial charge < -0.3 is 16.0 Å². The molecule has 2 aromatic carbocycles. The molecule has 1 saturated carbocycles. The molecule has 3 rings (SSSR count). The van der Waals surface area contributed by atoms with E-state index in [1.165, 1.54) is 25.7 Å². The van der Waals surface area contributed by atoms with Crippen LogP contribution < -0.4 is 16.0 Å². The van der Waals surface area contributed by atoms with Crippen molar-refractivity contribution in [1.29, 1.82) is 0 Å². The maximum atomic E-state index is 5.47. The van der Waals surface area contributed by atoms with E-state index in [1.54, 1.807) is 0 Å². The van der Waals surface area contributed by atoms with Crippen molar-refractivity contribution in [1.82, 2.24) is 5.32 Å². The molecular formula is C20H25N3S. The van der Waals surface area contributed by atoms with Gasteiger partial charge in [0, 0.05) is 23.1 Å². The van der Waals surface area contributed by atoms with Crippen LogP contribution in [0.4, 0.5) is 17.1 Å². The first-order valence-corrected chi connectivity index (χ1v) is 9.11. The van der Waals surface area contributed by atoms with Crippen LogP contribution in [-0.2, 0) is 0 Å². The minimum absolute atomic E-state index is 0.498. The lowest BCUT2D eigenvalue weighted by atomic mass is 9.86. The van der Waals surface area contributed by atoms with Crippen molar-refractivity contribution in [2.45, 2.75) is 38.6 Å². The van der Waals surface area contributed by atoms with Crippen molar-refractivity contribution in [3.8, 4) is 0 Å². The molecule has 4 heteroatoms. The van der Waals surface area contributed by atoms with E-state index < -0.39 is 0 Å². The summed E-state index contributed by atoms with van der Waals surface area (Å²) in [5.74, 6) is 0.691. The van der Waals surface area contributed by atoms with Gasteiger partial charge in [-0.3, -0.25) is 0 Å². The maximum Gasteiger partial charge on any atom is 0.171 e. The van der Waals surface area contributed by atoms with Gasteiger partial charge in [0.2, 0.25) is 0 Å². The number of rotatable bonds is 4. The molecule has 1 aliphatic carbocycles. The lowest BCUT2D eigenvalue weighted by Crippen LogP contribution is -2.43. The summed E-state index contributed by atoms with van der Waals surface area (Å²) in [7, 11) is 0. The van der Waals surface area contributed by atoms with E-state index in [1.807, 2.05) is 30.3 Å². The second-order valence-electron chi connectivity index (χ2n) is 6.54. The minimum atomic E-state index is 0.498. The van der Waals surface area contributed by atoms with Gasteiger partial charge in [-0.1, -0.05) is 38.0 Å². The summed E-state index contributed by atoms with van der Waals surface area (Å²) in [5.41, 5.74) is 3.16. The van der Waals surface area contributed by atoms with Crippen molar-refractivity contribution >= 4 is 34.4 Å². The zero-order chi connectivity index (χ0) is 16.8. The molecule has 3 nitrogen and oxygen atoms in total. The molecule has 0 spiro atoms. The smallest absolute Gasteiger partial charge is 0.171 e. The van der Waals surface area contributed by atoms with Gasteiger partial charge in [-0.25, -0.2) is 0 Å². The average molecular weight is 340 g/mol. The number of thiocarbonyl (C=S) groups is 1. The van der Waals surface area contributed by atoms with Crippen molar-refractivity contribution in [2.24, 2.45) is 5.92 Å². The standard InChI is InChI=1S/C20H25N3S/c1-15-7-5-6-10-19(15)23-20(24)22-18-13-11-17(12-14-18)21-16-8-3-2-4-9-16/h2-4,8-9,11-15,19,21H,5-7,10H2,1H3,(H2,22,23,24)/t15-,19+/m1/s1. The molecule has 2 atom stereocenters. The minimum Gasteiger partial charge on any atom is -0.359 e. The molecule has 0 radical (unpaired) electrons. The molecule has 0 aliphatic heterocycles. The second kappa shape index (κ2) is 8.15. The van der Waals surface area contributed by atoms with Crippen LogP contribution >= 0.6 is 12.2 Å². The largest absolute Gasteiger partial charge is 0.359 e. The van der Waals surface area contributed by atoms with Crippen molar-refractivity contribution in [3.63, 3.8) is 0 Å². The number of hydrogen-bond acceptors (Lipinski definition) is 2. The van der Waals surface area contributed by atoms with Crippen LogP contribution in [0, 0.1) is 5.92 Å². The number of anilines is 3. The van der Waals surface area contributed by atoms with Gasteiger partial charge in [0.15, 0.2) is 5.11 Å². The SMILES string of the molecule is C[C@@H]1CCCC[C@@H]1NC(=S)Nc1ccc(Nc2ccccc2)cc1. The molecule has 2 aromatic rings. The van der Waals surface area contributed by atoms with Gasteiger partial charge in [0.1, 0.15) is 0 Å². The van der Waals surface area contributed by atoms with E-state index in [0.717, 1.165) is 22.2 Å². The van der Waals surface area contributed by atoms with E-state index in [9.17, 15) is 0 Å². The summed E-state index contributed by atoms with van der Waals surface area (Å²) in [6.07, 6.45) is 5.14. The van der Waals surface area contributed by atoms with E-state index in [4.69, 9.17) is 12.2 Å². The first kappa shape index (κ1) is 16.8. The molecule has 24 heavy (non-hydrogen) atoms. The molecular weight excluding hydrogens is 314 g/mol. The Hall–Kier alpha value is -2.07. The molecule has 0 saturated heterocycles. The summed E-state index contributed by atoms with van der Waals surface area (Å²) in [4.78, 5) is 0. The molecule has 0 aromatic heterocycles. The highest BCUT2D eigenvalue weighted by Crippen LogP contribution is 2.24. The third-order valence-corrected chi connectivity index (χ3v) is 4.85. The topological polar surface area (TPSA) is 36.1 Å². The lowest BCUT2D eigenvalue weighted by Gasteiger charge is -2.30. The highest BCUT2D eigenvalue weighted by Gasteiger charge is 2.21. The Morgan fingerprint density at radius 2 is 1.50 bits per heavy atom. The summed E-state index contributed by atoms with van der Waals surface area (Å²) < 4.78 is 0. The quantitative estimate of drug-likeness (QED) is 0.661. The predicted molar refractivity (Wildman–Crippen MR) is 107 cm³/mol. The zero-order valence-corrected chi connectivity index (χ0v) is 14.9. The second-order valence-corrected chi connectivity index (χ2v) is 6.94. The average Bonchev–Trinajstić information content (AvgIpc) is 2.60. The fourth-order valence-corrected chi connectivity index (χ4v) is 3.46. The van der Waals surface area contributed by atoms with Gasteiger partial charge in [-0.05, 0) is 67.4 Å². The van der Waals surface area contributed by atoms with Gasteiger partial charge in [0.25, 0.3) is 0 Å². The molecule has 3 N–H and O–H groups in total. The van der Waals surface area contributed by atoms with Crippen LogP contribution in [0.25, 0.3) is 0 Å². The van der Waals surface area contributed by atoms with E-state index in [0.29, 0.717) is 12.0 Å². The monoisotopic (exact) mass is 339 g/mol. The summed E-state index contributed by atoms with van der Waals surface area (Å²) >= 11 is 5.47. The van der Waals surface area contributed by atoms with Crippen LogP contribution in [0.2, 0.25) is 0 Å². The summed E-state index contributed by atoms with van der Waals surface area (Å²) in [5, 5.41) is 10.9. The molecule has 0 amide bonds. The Morgan fingerprint density at radius 3 is 2.21 bits per heavy atom. The summed E-state index contributed by atoms with van der Waals surface area (Å²) in [6, 6.07) is 18.9. The van der Waals surface area contributed by atoms with Crippen molar-refractivity contribution < 1.29 is 0 Å². The Morgan fingerprint density at radius 1 is 0.875 bits per heavy atom. The molecule has 0 bridgehead atoms. The van der Waals surface area contributed by atoms with Crippen LogP contribution in [0.3, 0.4) is 0 Å².